The predicted molar refractivity (Wildman–Crippen MR) is 101 cm³/mol. The lowest BCUT2D eigenvalue weighted by Gasteiger charge is -2.16. The van der Waals surface area contributed by atoms with E-state index in [4.69, 9.17) is 10.5 Å². The fourth-order valence-electron chi connectivity index (χ4n) is 3.13. The van der Waals surface area contributed by atoms with E-state index in [1.165, 1.54) is 0 Å². The zero-order valence-corrected chi connectivity index (χ0v) is 14.5. The van der Waals surface area contributed by atoms with E-state index in [-0.39, 0.29) is 5.75 Å². The third-order valence-corrected chi connectivity index (χ3v) is 4.27. The number of methoxy groups -OCH3 is 1. The Morgan fingerprint density at radius 1 is 1.08 bits per heavy atom. The molecule has 3 aromatic rings. The first-order valence-electron chi connectivity index (χ1n) is 8.29. The maximum Gasteiger partial charge on any atom is 0.131 e. The maximum atomic E-state index is 9.54. The summed E-state index contributed by atoms with van der Waals surface area (Å²) in [5, 5.41) is 9.54. The molecule has 0 saturated carbocycles. The molecule has 0 aliphatic carbocycles. The van der Waals surface area contributed by atoms with Crippen molar-refractivity contribution in [1.82, 2.24) is 4.98 Å². The van der Waals surface area contributed by atoms with Gasteiger partial charge in [-0.25, -0.2) is 4.98 Å². The summed E-state index contributed by atoms with van der Waals surface area (Å²) in [4.78, 5) is 4.42. The molecule has 0 aliphatic heterocycles. The van der Waals surface area contributed by atoms with Gasteiger partial charge in [0, 0.05) is 24.4 Å². The monoisotopic (exact) mass is 334 g/mol. The molecular formula is C21H22N2O2. The molecule has 4 heteroatoms. The Bertz CT molecular complexity index is 874. The summed E-state index contributed by atoms with van der Waals surface area (Å²) in [6, 6.07) is 15.3. The Hall–Kier alpha value is -2.85. The normalized spacial score (nSPS) is 10.8. The van der Waals surface area contributed by atoms with Crippen LogP contribution in [0.2, 0.25) is 0 Å². The summed E-state index contributed by atoms with van der Waals surface area (Å²) >= 11 is 0. The molecule has 0 amide bonds. The summed E-state index contributed by atoms with van der Waals surface area (Å²) in [5.74, 6) is 0.770. The highest BCUT2D eigenvalue weighted by molar-refractivity contribution is 5.84. The molecule has 3 N–H and O–H groups in total. The van der Waals surface area contributed by atoms with Crippen molar-refractivity contribution < 1.29 is 9.84 Å². The van der Waals surface area contributed by atoms with E-state index in [1.54, 1.807) is 19.2 Å². The van der Waals surface area contributed by atoms with Crippen LogP contribution in [0.25, 0.3) is 22.3 Å². The average Bonchev–Trinajstić information content (AvgIpc) is 2.62. The molecule has 1 heterocycles. The topological polar surface area (TPSA) is 68.4 Å². The number of hydrogen-bond donors (Lipinski definition) is 2. The smallest absolute Gasteiger partial charge is 0.131 e. The molecule has 2 aromatic carbocycles. The quantitative estimate of drug-likeness (QED) is 0.725. The number of phenols is 1. The Balaban J connectivity index is 2.18. The van der Waals surface area contributed by atoms with Crippen molar-refractivity contribution >= 4 is 5.82 Å². The van der Waals surface area contributed by atoms with Gasteiger partial charge < -0.3 is 15.6 Å². The molecular weight excluding hydrogens is 312 g/mol. The van der Waals surface area contributed by atoms with Gasteiger partial charge in [0.25, 0.3) is 0 Å². The fourth-order valence-corrected chi connectivity index (χ4v) is 3.13. The van der Waals surface area contributed by atoms with E-state index >= 15 is 0 Å². The van der Waals surface area contributed by atoms with Crippen LogP contribution >= 0.6 is 0 Å². The van der Waals surface area contributed by atoms with Crippen LogP contribution in [-0.4, -0.2) is 17.2 Å². The summed E-state index contributed by atoms with van der Waals surface area (Å²) in [5.41, 5.74) is 12.5. The number of nitrogens with zero attached hydrogens (tertiary/aromatic N) is 1. The molecule has 0 unspecified atom stereocenters. The minimum absolute atomic E-state index is 0.248. The third kappa shape index (κ3) is 3.49. The first-order valence-corrected chi connectivity index (χ1v) is 8.29. The minimum atomic E-state index is 0.248. The van der Waals surface area contributed by atoms with Crippen LogP contribution < -0.4 is 5.73 Å². The number of pyridine rings is 1. The van der Waals surface area contributed by atoms with Crippen LogP contribution in [0.15, 0.2) is 54.7 Å². The predicted octanol–water partition coefficient (Wildman–Crippen LogP) is 4.41. The van der Waals surface area contributed by atoms with Gasteiger partial charge in [-0.05, 0) is 46.9 Å². The van der Waals surface area contributed by atoms with E-state index in [9.17, 15) is 5.11 Å². The summed E-state index contributed by atoms with van der Waals surface area (Å²) in [6.45, 7) is 2.67. The van der Waals surface area contributed by atoms with Gasteiger partial charge in [0.2, 0.25) is 0 Å². The SMILES string of the molecule is CCc1c(-c2ccc(O)cc2)cnc(N)c1-c1cccc(COC)c1. The number of aromatic hydroxyl groups is 1. The Kier molecular flexibility index (Phi) is 5.00. The van der Waals surface area contributed by atoms with Crippen LogP contribution in [-0.2, 0) is 17.8 Å². The first-order chi connectivity index (χ1) is 12.1. The Labute approximate surface area is 147 Å². The summed E-state index contributed by atoms with van der Waals surface area (Å²) in [7, 11) is 1.69. The van der Waals surface area contributed by atoms with E-state index in [1.807, 2.05) is 36.5 Å². The largest absolute Gasteiger partial charge is 0.508 e. The number of anilines is 1. The molecule has 0 radical (unpaired) electrons. The number of nitrogen functional groups attached to an aromatic ring is 1. The number of aromatic nitrogens is 1. The van der Waals surface area contributed by atoms with Crippen LogP contribution in [0.3, 0.4) is 0 Å². The highest BCUT2D eigenvalue weighted by Crippen LogP contribution is 2.36. The molecule has 0 fully saturated rings. The van der Waals surface area contributed by atoms with E-state index < -0.39 is 0 Å². The third-order valence-electron chi connectivity index (χ3n) is 4.27. The van der Waals surface area contributed by atoms with Crippen molar-refractivity contribution in [3.63, 3.8) is 0 Å². The van der Waals surface area contributed by atoms with Gasteiger partial charge in [-0.1, -0.05) is 37.3 Å². The lowest BCUT2D eigenvalue weighted by Crippen LogP contribution is -2.02. The Morgan fingerprint density at radius 3 is 2.52 bits per heavy atom. The van der Waals surface area contributed by atoms with Gasteiger partial charge in [-0.15, -0.1) is 0 Å². The second-order valence-electron chi connectivity index (χ2n) is 5.94. The number of hydrogen-bond acceptors (Lipinski definition) is 4. The number of nitrogens with two attached hydrogens (primary N) is 1. The van der Waals surface area contributed by atoms with Gasteiger partial charge in [-0.3, -0.25) is 0 Å². The van der Waals surface area contributed by atoms with Crippen molar-refractivity contribution in [3.05, 3.63) is 65.9 Å². The lowest BCUT2D eigenvalue weighted by atomic mass is 9.91. The van der Waals surface area contributed by atoms with Crippen LogP contribution in [0.5, 0.6) is 5.75 Å². The molecule has 3 rings (SSSR count). The van der Waals surface area contributed by atoms with Gasteiger partial charge in [0.1, 0.15) is 11.6 Å². The van der Waals surface area contributed by atoms with Gasteiger partial charge in [0.15, 0.2) is 0 Å². The molecule has 128 valence electrons. The second-order valence-corrected chi connectivity index (χ2v) is 5.94. The zero-order chi connectivity index (χ0) is 17.8. The van der Waals surface area contributed by atoms with Gasteiger partial charge in [-0.2, -0.15) is 0 Å². The van der Waals surface area contributed by atoms with Crippen molar-refractivity contribution in [3.8, 4) is 28.0 Å². The molecule has 0 aliphatic rings. The van der Waals surface area contributed by atoms with E-state index in [0.717, 1.165) is 39.8 Å². The van der Waals surface area contributed by atoms with Crippen molar-refractivity contribution in [1.29, 1.82) is 0 Å². The molecule has 0 atom stereocenters. The highest BCUT2D eigenvalue weighted by Gasteiger charge is 2.15. The lowest BCUT2D eigenvalue weighted by molar-refractivity contribution is 0.185. The zero-order valence-electron chi connectivity index (χ0n) is 14.5. The van der Waals surface area contributed by atoms with E-state index in [0.29, 0.717) is 12.4 Å². The molecule has 1 aromatic heterocycles. The van der Waals surface area contributed by atoms with Crippen LogP contribution in [0.4, 0.5) is 5.82 Å². The fraction of sp³-hybridized carbons (Fsp3) is 0.190. The number of rotatable bonds is 5. The van der Waals surface area contributed by atoms with Crippen LogP contribution in [0.1, 0.15) is 18.1 Å². The molecule has 4 nitrogen and oxygen atoms in total. The molecule has 25 heavy (non-hydrogen) atoms. The summed E-state index contributed by atoms with van der Waals surface area (Å²) in [6.07, 6.45) is 2.63. The van der Waals surface area contributed by atoms with Crippen molar-refractivity contribution in [2.45, 2.75) is 20.0 Å². The highest BCUT2D eigenvalue weighted by atomic mass is 16.5. The minimum Gasteiger partial charge on any atom is -0.508 e. The number of phenolic OH excluding ortho intramolecular Hbond substituents is 1. The molecule has 0 saturated heterocycles. The van der Waals surface area contributed by atoms with Crippen molar-refractivity contribution in [2.75, 3.05) is 12.8 Å². The van der Waals surface area contributed by atoms with Crippen LogP contribution in [0, 0.1) is 0 Å². The number of ether oxygens (including phenoxy) is 1. The first kappa shape index (κ1) is 17.0. The van der Waals surface area contributed by atoms with Gasteiger partial charge in [0.05, 0.1) is 6.61 Å². The Morgan fingerprint density at radius 2 is 1.84 bits per heavy atom. The van der Waals surface area contributed by atoms with Gasteiger partial charge >= 0.3 is 0 Å². The standard InChI is InChI=1S/C21H22N2O2/c1-3-18-19(15-7-9-17(24)10-8-15)12-23-21(22)20(18)16-6-4-5-14(11-16)13-25-2/h4-12,24H,3,13H2,1-2H3,(H2,22,23). The second kappa shape index (κ2) is 7.36. The molecule has 0 spiro atoms. The average molecular weight is 334 g/mol. The van der Waals surface area contributed by atoms with Crippen molar-refractivity contribution in [2.24, 2.45) is 0 Å². The summed E-state index contributed by atoms with van der Waals surface area (Å²) < 4.78 is 5.24. The van der Waals surface area contributed by atoms with E-state index in [2.05, 4.69) is 18.0 Å². The number of benzene rings is 2. The molecule has 0 bridgehead atoms. The maximum absolute atomic E-state index is 9.54.